The topological polar surface area (TPSA) is 87.6 Å². The fourth-order valence-electron chi connectivity index (χ4n) is 5.98. The summed E-state index contributed by atoms with van der Waals surface area (Å²) in [6, 6.07) is 11.4. The molecule has 1 fully saturated rings. The Morgan fingerprint density at radius 3 is 2.94 bits per heavy atom. The van der Waals surface area contributed by atoms with Crippen LogP contribution in [0.15, 0.2) is 42.6 Å². The van der Waals surface area contributed by atoms with E-state index >= 15 is 0 Å². The molecular formula is C26H29N5O4+2. The number of fused-ring (bicyclic) bond motifs is 6. The molecule has 3 aliphatic heterocycles. The van der Waals surface area contributed by atoms with Gasteiger partial charge in [0.25, 0.3) is 5.69 Å². The van der Waals surface area contributed by atoms with Gasteiger partial charge >= 0.3 is 6.17 Å². The third-order valence-corrected chi connectivity index (χ3v) is 7.71. The standard InChI is InChI=1S/C26H29N5O4/c1-34-23-5-4-6-24-26(23)19-14-29(13-17(19)16-35-24)12-3-2-7-25-30(32)15-20-18-10-11-27-28-21(18)8-9-22(20)31(25)33/h4-6,8-11,17,19,25H,2-3,7,12-16H2,1H3/q+2/t17-,19+,25?/m0/s1. The zero-order valence-corrected chi connectivity index (χ0v) is 19.8. The molecule has 0 spiro atoms. The van der Waals surface area contributed by atoms with Crippen LogP contribution in [-0.2, 0) is 6.54 Å². The summed E-state index contributed by atoms with van der Waals surface area (Å²) in [5, 5.41) is 8.80. The van der Waals surface area contributed by atoms with Crippen molar-refractivity contribution in [1.82, 2.24) is 15.1 Å². The van der Waals surface area contributed by atoms with E-state index in [0.717, 1.165) is 71.1 Å². The predicted molar refractivity (Wildman–Crippen MR) is 129 cm³/mol. The summed E-state index contributed by atoms with van der Waals surface area (Å²) < 4.78 is 13.4. The maximum Gasteiger partial charge on any atom is 0.437 e. The number of rotatable bonds is 6. The molecule has 4 heterocycles. The molecule has 0 aliphatic carbocycles. The van der Waals surface area contributed by atoms with Crippen LogP contribution in [0, 0.1) is 15.7 Å². The summed E-state index contributed by atoms with van der Waals surface area (Å²) in [6.45, 7) is 3.85. The van der Waals surface area contributed by atoms with E-state index in [1.54, 1.807) is 25.4 Å². The van der Waals surface area contributed by atoms with Crippen LogP contribution in [0.25, 0.3) is 10.9 Å². The lowest BCUT2D eigenvalue weighted by Gasteiger charge is -2.29. The van der Waals surface area contributed by atoms with Crippen molar-refractivity contribution in [1.29, 1.82) is 0 Å². The van der Waals surface area contributed by atoms with Crippen LogP contribution in [0.1, 0.15) is 36.3 Å². The minimum atomic E-state index is -0.694. The van der Waals surface area contributed by atoms with Crippen LogP contribution in [0.2, 0.25) is 0 Å². The molecule has 3 atom stereocenters. The van der Waals surface area contributed by atoms with Crippen molar-refractivity contribution in [2.75, 3.05) is 33.4 Å². The van der Waals surface area contributed by atoms with Gasteiger partial charge in [0.05, 0.1) is 36.6 Å². The van der Waals surface area contributed by atoms with Crippen LogP contribution in [0.4, 0.5) is 5.69 Å². The summed E-state index contributed by atoms with van der Waals surface area (Å²) in [5.74, 6) is 2.72. The predicted octanol–water partition coefficient (Wildman–Crippen LogP) is 3.95. The maximum absolute atomic E-state index is 13.1. The Kier molecular flexibility index (Phi) is 5.64. The van der Waals surface area contributed by atoms with Gasteiger partial charge in [0.15, 0.2) is 0 Å². The lowest BCUT2D eigenvalue weighted by atomic mass is 9.86. The van der Waals surface area contributed by atoms with Gasteiger partial charge in [0, 0.05) is 51.8 Å². The monoisotopic (exact) mass is 475 g/mol. The van der Waals surface area contributed by atoms with Gasteiger partial charge in [-0.15, -0.1) is 0 Å². The largest absolute Gasteiger partial charge is 0.496 e. The van der Waals surface area contributed by atoms with Crippen molar-refractivity contribution in [3.63, 3.8) is 0 Å². The highest BCUT2D eigenvalue weighted by Gasteiger charge is 2.48. The molecule has 1 saturated heterocycles. The molecule has 3 aromatic rings. The van der Waals surface area contributed by atoms with Crippen molar-refractivity contribution in [2.24, 2.45) is 5.92 Å². The number of nitrogens with zero attached hydrogens (tertiary/aromatic N) is 5. The number of unbranched alkanes of at least 4 members (excludes halogenated alkanes) is 1. The second kappa shape index (κ2) is 8.96. The number of methoxy groups -OCH3 is 1. The third-order valence-electron chi connectivity index (χ3n) is 7.71. The van der Waals surface area contributed by atoms with Gasteiger partial charge < -0.3 is 14.4 Å². The fraction of sp³-hybridized carbons (Fsp3) is 0.462. The Labute approximate surface area is 203 Å². The summed E-state index contributed by atoms with van der Waals surface area (Å²) >= 11 is 0. The number of hydrogen-bond acceptors (Lipinski definition) is 7. The van der Waals surface area contributed by atoms with E-state index in [-0.39, 0.29) is 6.54 Å². The van der Waals surface area contributed by atoms with Crippen molar-refractivity contribution in [2.45, 2.75) is 37.9 Å². The first-order valence-corrected chi connectivity index (χ1v) is 12.3. The molecular weight excluding hydrogens is 446 g/mol. The Morgan fingerprint density at radius 1 is 1.14 bits per heavy atom. The first kappa shape index (κ1) is 22.0. The number of hydrogen-bond donors (Lipinski definition) is 0. The summed E-state index contributed by atoms with van der Waals surface area (Å²) in [4.78, 5) is 28.4. The molecule has 0 radical (unpaired) electrons. The molecule has 35 heavy (non-hydrogen) atoms. The van der Waals surface area contributed by atoms with Crippen molar-refractivity contribution in [3.05, 3.63) is 63.5 Å². The second-order valence-electron chi connectivity index (χ2n) is 9.71. The van der Waals surface area contributed by atoms with E-state index in [0.29, 0.717) is 29.5 Å². The zero-order chi connectivity index (χ0) is 23.9. The molecule has 6 rings (SSSR count). The van der Waals surface area contributed by atoms with Gasteiger partial charge in [0.1, 0.15) is 21.8 Å². The Balaban J connectivity index is 1.07. The van der Waals surface area contributed by atoms with Gasteiger partial charge in [-0.1, -0.05) is 6.07 Å². The van der Waals surface area contributed by atoms with Crippen LogP contribution < -0.4 is 9.47 Å². The van der Waals surface area contributed by atoms with Crippen LogP contribution in [0.5, 0.6) is 11.5 Å². The van der Waals surface area contributed by atoms with Gasteiger partial charge in [-0.05, 0) is 43.7 Å². The lowest BCUT2D eigenvalue weighted by Crippen LogP contribution is -2.37. The number of benzene rings is 2. The SMILES string of the molecule is COc1cccc2c1[C@@H]1CN(CCCCC3[N+](=O)Cc4c(ccc5nnccc45)[N+]3=O)C[C@H]1CO2. The molecule has 1 aromatic heterocycles. The third kappa shape index (κ3) is 3.83. The smallest absolute Gasteiger partial charge is 0.437 e. The molecule has 180 valence electrons. The first-order chi connectivity index (χ1) is 17.1. The molecule has 9 nitrogen and oxygen atoms in total. The Morgan fingerprint density at radius 2 is 2.06 bits per heavy atom. The molecule has 1 unspecified atom stereocenters. The lowest BCUT2D eigenvalue weighted by molar-refractivity contribution is -0.784. The van der Waals surface area contributed by atoms with Crippen molar-refractivity contribution < 1.29 is 19.0 Å². The van der Waals surface area contributed by atoms with E-state index < -0.39 is 6.17 Å². The molecule has 9 heteroatoms. The normalized spacial score (nSPS) is 23.5. The first-order valence-electron chi connectivity index (χ1n) is 12.3. The molecule has 0 N–H and O–H groups in total. The average molecular weight is 476 g/mol. The quantitative estimate of drug-likeness (QED) is 0.394. The van der Waals surface area contributed by atoms with Gasteiger partial charge in [-0.3, -0.25) is 0 Å². The zero-order valence-electron chi connectivity index (χ0n) is 19.8. The molecule has 0 bridgehead atoms. The molecule has 0 saturated carbocycles. The summed E-state index contributed by atoms with van der Waals surface area (Å²) in [5.41, 5.74) is 3.19. The second-order valence-corrected chi connectivity index (χ2v) is 9.71. The van der Waals surface area contributed by atoms with Crippen molar-refractivity contribution >= 4 is 16.6 Å². The fourth-order valence-corrected chi connectivity index (χ4v) is 5.98. The van der Waals surface area contributed by atoms with E-state index in [9.17, 15) is 9.81 Å². The molecule has 0 amide bonds. The number of ether oxygens (including phenoxy) is 2. The molecule has 3 aliphatic rings. The van der Waals surface area contributed by atoms with Gasteiger partial charge in [-0.25, -0.2) is 0 Å². The van der Waals surface area contributed by atoms with Crippen LogP contribution in [0.3, 0.4) is 0 Å². The highest BCUT2D eigenvalue weighted by atomic mass is 16.5. The highest BCUT2D eigenvalue weighted by molar-refractivity contribution is 5.85. The van der Waals surface area contributed by atoms with E-state index in [2.05, 4.69) is 15.1 Å². The van der Waals surface area contributed by atoms with Gasteiger partial charge in [-0.2, -0.15) is 10.2 Å². The molecule has 2 aromatic carbocycles. The van der Waals surface area contributed by atoms with Crippen LogP contribution >= 0.6 is 0 Å². The summed E-state index contributed by atoms with van der Waals surface area (Å²) in [7, 11) is 1.71. The average Bonchev–Trinajstić information content (AvgIpc) is 3.31. The number of aromatic nitrogens is 2. The number of nitroso groups, excluding NO2 is 2. The van der Waals surface area contributed by atoms with E-state index in [1.807, 2.05) is 24.3 Å². The van der Waals surface area contributed by atoms with E-state index in [1.165, 1.54) is 5.56 Å². The van der Waals surface area contributed by atoms with Crippen LogP contribution in [-0.4, -0.2) is 64.1 Å². The number of likely N-dealkylation sites (tertiary alicyclic amines) is 1. The minimum absolute atomic E-state index is 0.193. The minimum Gasteiger partial charge on any atom is -0.496 e. The Hall–Kier alpha value is -3.46. The van der Waals surface area contributed by atoms with Gasteiger partial charge in [0.2, 0.25) is 6.54 Å². The summed E-state index contributed by atoms with van der Waals surface area (Å²) in [6.07, 6.45) is 3.20. The van der Waals surface area contributed by atoms with E-state index in [4.69, 9.17) is 9.47 Å². The highest BCUT2D eigenvalue weighted by Crippen LogP contribution is 2.46. The Bertz CT molecular complexity index is 1300. The maximum atomic E-state index is 13.1. The van der Waals surface area contributed by atoms with Crippen molar-refractivity contribution in [3.8, 4) is 11.5 Å².